The molecule has 0 radical (unpaired) electrons. The summed E-state index contributed by atoms with van der Waals surface area (Å²) in [5.41, 5.74) is 7.97. The Hall–Kier alpha value is -3.76. The molecule has 1 atom stereocenters. The number of fused-ring (bicyclic) bond motifs is 3. The molecule has 1 fully saturated rings. The summed E-state index contributed by atoms with van der Waals surface area (Å²) in [5.74, 6) is 2.06. The average molecular weight is 529 g/mol. The van der Waals surface area contributed by atoms with Crippen LogP contribution < -0.4 is 21.1 Å². The van der Waals surface area contributed by atoms with Crippen molar-refractivity contribution in [3.63, 3.8) is 0 Å². The minimum absolute atomic E-state index is 0.0433. The third-order valence-electron chi connectivity index (χ3n) is 7.27. The van der Waals surface area contributed by atoms with Crippen molar-refractivity contribution in [2.24, 2.45) is 0 Å². The van der Waals surface area contributed by atoms with Gasteiger partial charge in [-0.25, -0.2) is 9.97 Å². The molecule has 3 aromatic rings. The Labute approximate surface area is 218 Å². The van der Waals surface area contributed by atoms with E-state index in [1.165, 1.54) is 6.07 Å². The van der Waals surface area contributed by atoms with Crippen LogP contribution in [0.5, 0.6) is 5.75 Å². The summed E-state index contributed by atoms with van der Waals surface area (Å²) < 4.78 is 46.4. The molecule has 0 spiro atoms. The van der Waals surface area contributed by atoms with Crippen molar-refractivity contribution in [3.05, 3.63) is 46.8 Å². The first-order valence-corrected chi connectivity index (χ1v) is 12.7. The number of carbonyl (C=O) groups excluding carboxylic acids is 1. The number of halogens is 3. The maximum atomic E-state index is 13.4. The topological polar surface area (TPSA) is 105 Å². The second-order valence-electron chi connectivity index (χ2n) is 9.99. The van der Waals surface area contributed by atoms with Gasteiger partial charge in [0.2, 0.25) is 5.91 Å². The molecule has 2 aliphatic rings. The molecule has 8 nitrogen and oxygen atoms in total. The lowest BCUT2D eigenvalue weighted by Crippen LogP contribution is -2.36. The van der Waals surface area contributed by atoms with Gasteiger partial charge in [0.15, 0.2) is 0 Å². The number of ether oxygens (including phenoxy) is 1. The van der Waals surface area contributed by atoms with Crippen molar-refractivity contribution in [2.75, 3.05) is 42.6 Å². The predicted molar refractivity (Wildman–Crippen MR) is 140 cm³/mol. The van der Waals surface area contributed by atoms with Gasteiger partial charge in [-0.05, 0) is 62.4 Å². The molecule has 2 aliphatic heterocycles. The zero-order valence-corrected chi connectivity index (χ0v) is 21.6. The number of nitrogens with one attached hydrogen (secondary N) is 2. The van der Waals surface area contributed by atoms with Gasteiger partial charge in [-0.1, -0.05) is 0 Å². The van der Waals surface area contributed by atoms with Gasteiger partial charge in [0.1, 0.15) is 35.2 Å². The van der Waals surface area contributed by atoms with E-state index in [9.17, 15) is 18.0 Å². The van der Waals surface area contributed by atoms with Gasteiger partial charge >= 0.3 is 6.18 Å². The van der Waals surface area contributed by atoms with Crippen molar-refractivity contribution in [2.45, 2.75) is 51.7 Å². The highest BCUT2D eigenvalue weighted by atomic mass is 19.4. The van der Waals surface area contributed by atoms with E-state index in [0.29, 0.717) is 49.0 Å². The number of nitrogens with two attached hydrogens (primary N) is 1. The lowest BCUT2D eigenvalue weighted by Gasteiger charge is -2.34. The molecule has 1 aromatic heterocycles. The zero-order valence-electron chi connectivity index (χ0n) is 21.6. The van der Waals surface area contributed by atoms with Gasteiger partial charge in [0, 0.05) is 43.2 Å². The molecule has 5 rings (SSSR count). The molecule has 0 saturated carbocycles. The Morgan fingerprint density at radius 3 is 2.63 bits per heavy atom. The van der Waals surface area contributed by atoms with E-state index < -0.39 is 17.8 Å². The minimum Gasteiger partial charge on any atom is -0.489 e. The molecule has 0 bridgehead atoms. The normalized spacial score (nSPS) is 16.9. The number of amides is 1. The highest BCUT2D eigenvalue weighted by Gasteiger charge is 2.32. The highest BCUT2D eigenvalue weighted by molar-refractivity contribution is 6.01. The van der Waals surface area contributed by atoms with Crippen molar-refractivity contribution >= 4 is 34.0 Å². The van der Waals surface area contributed by atoms with Crippen molar-refractivity contribution in [1.29, 1.82) is 0 Å². The molecule has 202 valence electrons. The molecule has 38 heavy (non-hydrogen) atoms. The first kappa shape index (κ1) is 25.9. The van der Waals surface area contributed by atoms with Gasteiger partial charge in [-0.15, -0.1) is 0 Å². The van der Waals surface area contributed by atoms with E-state index in [0.717, 1.165) is 47.4 Å². The Morgan fingerprint density at radius 1 is 1.21 bits per heavy atom. The Morgan fingerprint density at radius 2 is 1.95 bits per heavy atom. The summed E-state index contributed by atoms with van der Waals surface area (Å²) in [5, 5.41) is 7.50. The monoisotopic (exact) mass is 528 g/mol. The predicted octanol–water partition coefficient (Wildman–Crippen LogP) is 5.24. The Balaban J connectivity index is 1.56. The number of alkyl halides is 3. The fourth-order valence-corrected chi connectivity index (χ4v) is 5.33. The number of rotatable bonds is 4. The number of benzene rings is 2. The van der Waals surface area contributed by atoms with E-state index >= 15 is 0 Å². The van der Waals surface area contributed by atoms with Crippen LogP contribution in [0.1, 0.15) is 61.2 Å². The van der Waals surface area contributed by atoms with Gasteiger partial charge < -0.3 is 26.0 Å². The van der Waals surface area contributed by atoms with E-state index in [4.69, 9.17) is 15.5 Å². The molecular weight excluding hydrogens is 497 g/mol. The molecule has 1 amide bonds. The smallest absolute Gasteiger partial charge is 0.416 e. The molecule has 11 heteroatoms. The molecule has 0 unspecified atom stereocenters. The van der Waals surface area contributed by atoms with E-state index in [1.54, 1.807) is 20.8 Å². The van der Waals surface area contributed by atoms with Crippen LogP contribution in [0.3, 0.4) is 0 Å². The first-order chi connectivity index (χ1) is 18.0. The molecule has 2 aromatic carbocycles. The summed E-state index contributed by atoms with van der Waals surface area (Å²) in [6, 6.07) is 5.09. The third-order valence-corrected chi connectivity index (χ3v) is 7.27. The Bertz CT molecular complexity index is 1390. The number of hydrogen-bond donors (Lipinski definition) is 3. The van der Waals surface area contributed by atoms with Gasteiger partial charge in [0.05, 0.1) is 11.6 Å². The summed E-state index contributed by atoms with van der Waals surface area (Å²) in [6.07, 6.45) is -2.90. The van der Waals surface area contributed by atoms with Crippen LogP contribution >= 0.6 is 0 Å². The van der Waals surface area contributed by atoms with E-state index in [1.807, 2.05) is 11.0 Å². The number of aryl methyl sites for hydroxylation is 1. The van der Waals surface area contributed by atoms with Crippen LogP contribution in [0.25, 0.3) is 10.9 Å². The summed E-state index contributed by atoms with van der Waals surface area (Å²) >= 11 is 0. The van der Waals surface area contributed by atoms with Crippen LogP contribution in [0.4, 0.5) is 30.4 Å². The van der Waals surface area contributed by atoms with Crippen molar-refractivity contribution in [3.8, 4) is 5.75 Å². The number of likely N-dealkylation sites (tertiary alicyclic amines) is 1. The van der Waals surface area contributed by atoms with Crippen LogP contribution in [0.15, 0.2) is 24.3 Å². The standard InChI is InChI=1S/C27H31F3N6O2/c1-14(18-10-19(27(28,29)30)12-20(31)11-18)33-26-22-13-21(17-4-7-36(8-5-17)16(3)37)25-24(32-6-9-38-25)23(22)34-15(2)35-26/h10-14,17,32H,4-9,31H2,1-3H3,(H,33,34,35)/t14-/m1/s1. The quantitative estimate of drug-likeness (QED) is 0.398. The summed E-state index contributed by atoms with van der Waals surface area (Å²) in [4.78, 5) is 23.0. The maximum absolute atomic E-state index is 13.4. The fraction of sp³-hybridized carbons (Fsp3) is 0.444. The van der Waals surface area contributed by atoms with Gasteiger partial charge in [-0.3, -0.25) is 4.79 Å². The first-order valence-electron chi connectivity index (χ1n) is 12.7. The number of aromatic nitrogens is 2. The zero-order chi connectivity index (χ0) is 27.2. The second kappa shape index (κ2) is 9.85. The van der Waals surface area contributed by atoms with Crippen LogP contribution in [-0.2, 0) is 11.0 Å². The SMILES string of the molecule is CC(=O)N1CCC(c2cc3c(N[C@H](C)c4cc(N)cc(C(F)(F)F)c4)nc(C)nc3c3c2OCCN3)CC1. The molecule has 1 saturated heterocycles. The summed E-state index contributed by atoms with van der Waals surface area (Å²) in [6.45, 7) is 7.63. The minimum atomic E-state index is -4.50. The summed E-state index contributed by atoms with van der Waals surface area (Å²) in [7, 11) is 0. The number of nitrogens with zero attached hydrogens (tertiary/aromatic N) is 3. The van der Waals surface area contributed by atoms with Crippen molar-refractivity contribution < 1.29 is 22.7 Å². The lowest BCUT2D eigenvalue weighted by molar-refractivity contribution is -0.137. The van der Waals surface area contributed by atoms with E-state index in [2.05, 4.69) is 15.6 Å². The number of piperidine rings is 1. The second-order valence-corrected chi connectivity index (χ2v) is 9.99. The lowest BCUT2D eigenvalue weighted by atomic mass is 9.87. The van der Waals surface area contributed by atoms with Gasteiger partial charge in [0.25, 0.3) is 0 Å². The largest absolute Gasteiger partial charge is 0.489 e. The average Bonchev–Trinajstić information content (AvgIpc) is 2.87. The number of anilines is 3. The molecule has 4 N–H and O–H groups in total. The number of carbonyl (C=O) groups is 1. The van der Waals surface area contributed by atoms with Crippen LogP contribution in [0, 0.1) is 6.92 Å². The molecule has 3 heterocycles. The number of hydrogen-bond acceptors (Lipinski definition) is 7. The highest BCUT2D eigenvalue weighted by Crippen LogP contribution is 2.45. The molecule has 0 aliphatic carbocycles. The third kappa shape index (κ3) is 5.01. The van der Waals surface area contributed by atoms with E-state index in [-0.39, 0.29) is 17.5 Å². The maximum Gasteiger partial charge on any atom is 0.416 e. The van der Waals surface area contributed by atoms with Crippen molar-refractivity contribution in [1.82, 2.24) is 14.9 Å². The van der Waals surface area contributed by atoms with Crippen LogP contribution in [-0.4, -0.2) is 47.0 Å². The fourth-order valence-electron chi connectivity index (χ4n) is 5.33. The molecular formula is C27H31F3N6O2. The number of nitrogen functional groups attached to an aromatic ring is 1. The van der Waals surface area contributed by atoms with Crippen LogP contribution in [0.2, 0.25) is 0 Å². The Kier molecular flexibility index (Phi) is 6.70. The van der Waals surface area contributed by atoms with Gasteiger partial charge in [-0.2, -0.15) is 13.2 Å².